The van der Waals surface area contributed by atoms with Crippen molar-refractivity contribution in [3.05, 3.63) is 65.0 Å². The van der Waals surface area contributed by atoms with Gasteiger partial charge in [0.2, 0.25) is 0 Å². The summed E-state index contributed by atoms with van der Waals surface area (Å²) in [6.07, 6.45) is 0. The van der Waals surface area contributed by atoms with E-state index in [9.17, 15) is 12.8 Å². The fourth-order valence-corrected chi connectivity index (χ4v) is 7.40. The highest BCUT2D eigenvalue weighted by atomic mass is 32.2. The quantitative estimate of drug-likeness (QED) is 0.782. The zero-order valence-electron chi connectivity index (χ0n) is 15.2. The minimum atomic E-state index is -2.98. The van der Waals surface area contributed by atoms with Gasteiger partial charge in [0.15, 0.2) is 15.0 Å². The van der Waals surface area contributed by atoms with Crippen molar-refractivity contribution in [2.45, 2.75) is 31.7 Å². The molecule has 142 valence electrons. The number of amidine groups is 1. The third-order valence-corrected chi connectivity index (χ3v) is 8.06. The molecule has 2 heterocycles. The third kappa shape index (κ3) is 4.04. The predicted octanol–water partition coefficient (Wildman–Crippen LogP) is 3.72. The van der Waals surface area contributed by atoms with Gasteiger partial charge in [-0.3, -0.25) is 4.99 Å². The van der Waals surface area contributed by atoms with Crippen molar-refractivity contribution < 1.29 is 12.8 Å². The number of rotatable bonds is 3. The maximum absolute atomic E-state index is 13.3. The van der Waals surface area contributed by atoms with Crippen molar-refractivity contribution >= 4 is 32.5 Å². The summed E-state index contributed by atoms with van der Waals surface area (Å²) in [5.41, 5.74) is 4.30. The van der Waals surface area contributed by atoms with E-state index in [1.54, 1.807) is 23.9 Å². The molecule has 0 radical (unpaired) electrons. The maximum Gasteiger partial charge on any atom is 0.164 e. The first-order chi connectivity index (χ1) is 12.8. The molecule has 0 aromatic heterocycles. The van der Waals surface area contributed by atoms with Crippen molar-refractivity contribution in [1.29, 1.82) is 0 Å². The number of sulfone groups is 1. The summed E-state index contributed by atoms with van der Waals surface area (Å²) in [7, 11) is -2.98. The second kappa shape index (κ2) is 6.95. The van der Waals surface area contributed by atoms with E-state index >= 15 is 0 Å². The predicted molar refractivity (Wildman–Crippen MR) is 110 cm³/mol. The molecule has 0 bridgehead atoms. The standard InChI is InChI=1S/C20H21FN2O2S2/c1-13-7-14(2)9-17(8-13)23(10-15-3-5-16(21)6-4-15)20-22-18-11-27(24,25)12-19(18)26-20/h3-9,18-19H,10-12H2,1-2H3/t18-,19-/m0/s1. The molecule has 0 saturated carbocycles. The number of nitrogens with zero attached hydrogens (tertiary/aromatic N) is 2. The molecule has 27 heavy (non-hydrogen) atoms. The van der Waals surface area contributed by atoms with E-state index in [1.165, 1.54) is 12.1 Å². The van der Waals surface area contributed by atoms with Crippen LogP contribution in [0, 0.1) is 19.7 Å². The van der Waals surface area contributed by atoms with Gasteiger partial charge in [-0.2, -0.15) is 0 Å². The molecular weight excluding hydrogens is 383 g/mol. The number of thioether (sulfide) groups is 1. The first-order valence-corrected chi connectivity index (χ1v) is 11.5. The molecule has 0 amide bonds. The fourth-order valence-electron chi connectivity index (χ4n) is 3.62. The Bertz CT molecular complexity index is 983. The average Bonchev–Trinajstić information content (AvgIpc) is 3.06. The molecule has 4 nitrogen and oxygen atoms in total. The first kappa shape index (κ1) is 18.5. The molecule has 1 fully saturated rings. The van der Waals surface area contributed by atoms with Gasteiger partial charge in [-0.1, -0.05) is 30.0 Å². The largest absolute Gasteiger partial charge is 0.317 e. The lowest BCUT2D eigenvalue weighted by atomic mass is 10.1. The van der Waals surface area contributed by atoms with Gasteiger partial charge in [0.25, 0.3) is 0 Å². The summed E-state index contributed by atoms with van der Waals surface area (Å²) in [5, 5.41) is 0.834. The molecule has 2 aromatic rings. The highest BCUT2D eigenvalue weighted by Gasteiger charge is 2.44. The Morgan fingerprint density at radius 3 is 2.41 bits per heavy atom. The van der Waals surface area contributed by atoms with Gasteiger partial charge in [-0.25, -0.2) is 12.8 Å². The molecule has 2 aromatic carbocycles. The minimum absolute atomic E-state index is 0.00776. The average molecular weight is 405 g/mol. The van der Waals surface area contributed by atoms with Gasteiger partial charge in [0, 0.05) is 10.9 Å². The molecule has 2 aliphatic rings. The topological polar surface area (TPSA) is 49.7 Å². The summed E-state index contributed by atoms with van der Waals surface area (Å²) in [6, 6.07) is 12.6. The van der Waals surface area contributed by atoms with E-state index in [2.05, 4.69) is 36.9 Å². The molecular formula is C20H21FN2O2S2. The molecule has 0 unspecified atom stereocenters. The van der Waals surface area contributed by atoms with Crippen molar-refractivity contribution in [1.82, 2.24) is 0 Å². The van der Waals surface area contributed by atoms with Gasteiger partial charge >= 0.3 is 0 Å². The third-order valence-electron chi connectivity index (χ3n) is 4.81. The lowest BCUT2D eigenvalue weighted by Gasteiger charge is -2.25. The van der Waals surface area contributed by atoms with E-state index in [4.69, 9.17) is 4.99 Å². The number of aliphatic imine (C=N–C) groups is 1. The van der Waals surface area contributed by atoms with Crippen molar-refractivity contribution in [2.24, 2.45) is 4.99 Å². The second-order valence-electron chi connectivity index (χ2n) is 7.27. The van der Waals surface area contributed by atoms with Gasteiger partial charge in [-0.05, 0) is 54.8 Å². The smallest absolute Gasteiger partial charge is 0.164 e. The maximum atomic E-state index is 13.3. The number of anilines is 1. The van der Waals surface area contributed by atoms with Crippen LogP contribution in [0.4, 0.5) is 10.1 Å². The van der Waals surface area contributed by atoms with Crippen LogP contribution in [-0.4, -0.2) is 36.4 Å². The molecule has 0 aliphatic carbocycles. The van der Waals surface area contributed by atoms with Crippen molar-refractivity contribution in [3.63, 3.8) is 0 Å². The lowest BCUT2D eigenvalue weighted by Crippen LogP contribution is -2.28. The van der Waals surface area contributed by atoms with Gasteiger partial charge in [0.05, 0.1) is 24.1 Å². The van der Waals surface area contributed by atoms with E-state index in [0.29, 0.717) is 6.54 Å². The van der Waals surface area contributed by atoms with E-state index in [0.717, 1.165) is 27.5 Å². The van der Waals surface area contributed by atoms with Crippen molar-refractivity contribution in [3.8, 4) is 0 Å². The Morgan fingerprint density at radius 2 is 1.78 bits per heavy atom. The molecule has 7 heteroatoms. The monoisotopic (exact) mass is 404 g/mol. The highest BCUT2D eigenvalue weighted by molar-refractivity contribution is 8.15. The zero-order valence-corrected chi connectivity index (χ0v) is 16.9. The summed E-state index contributed by atoms with van der Waals surface area (Å²) in [5.74, 6) is 0.0573. The Morgan fingerprint density at radius 1 is 1.11 bits per heavy atom. The molecule has 4 rings (SSSR count). The van der Waals surface area contributed by atoms with Gasteiger partial charge in [0.1, 0.15) is 5.82 Å². The highest BCUT2D eigenvalue weighted by Crippen LogP contribution is 2.37. The molecule has 0 spiro atoms. The Labute approximate surface area is 163 Å². The van der Waals surface area contributed by atoms with E-state index in [-0.39, 0.29) is 28.6 Å². The molecule has 0 N–H and O–H groups in total. The lowest BCUT2D eigenvalue weighted by molar-refractivity contribution is 0.601. The van der Waals surface area contributed by atoms with Crippen LogP contribution >= 0.6 is 11.8 Å². The first-order valence-electron chi connectivity index (χ1n) is 8.84. The molecule has 2 atom stereocenters. The van der Waals surface area contributed by atoms with E-state index < -0.39 is 9.84 Å². The van der Waals surface area contributed by atoms with E-state index in [1.807, 2.05) is 0 Å². The van der Waals surface area contributed by atoms with Crippen LogP contribution in [0.5, 0.6) is 0 Å². The SMILES string of the molecule is Cc1cc(C)cc(N(Cc2ccc(F)cc2)C2=N[C@H]3CS(=O)(=O)C[C@@H]3S2)c1. The summed E-state index contributed by atoms with van der Waals surface area (Å²) in [6.45, 7) is 4.66. The summed E-state index contributed by atoms with van der Waals surface area (Å²) >= 11 is 1.54. The van der Waals surface area contributed by atoms with Gasteiger partial charge in [-0.15, -0.1) is 0 Å². The normalized spacial score (nSPS) is 23.1. The zero-order chi connectivity index (χ0) is 19.2. The molecule has 1 saturated heterocycles. The number of benzene rings is 2. The summed E-state index contributed by atoms with van der Waals surface area (Å²) in [4.78, 5) is 6.86. The number of fused-ring (bicyclic) bond motifs is 1. The van der Waals surface area contributed by atoms with Crippen LogP contribution in [0.2, 0.25) is 0 Å². The summed E-state index contributed by atoms with van der Waals surface area (Å²) < 4.78 is 37.0. The van der Waals surface area contributed by atoms with Crippen LogP contribution in [0.25, 0.3) is 0 Å². The minimum Gasteiger partial charge on any atom is -0.317 e. The van der Waals surface area contributed by atoms with Crippen LogP contribution in [0.1, 0.15) is 16.7 Å². The Balaban J connectivity index is 1.69. The van der Waals surface area contributed by atoms with Crippen molar-refractivity contribution in [2.75, 3.05) is 16.4 Å². The number of aryl methyl sites for hydroxylation is 2. The van der Waals surface area contributed by atoms with Crippen LogP contribution < -0.4 is 4.90 Å². The van der Waals surface area contributed by atoms with Crippen LogP contribution in [-0.2, 0) is 16.4 Å². The molecule has 2 aliphatic heterocycles. The van der Waals surface area contributed by atoms with Crippen LogP contribution in [0.15, 0.2) is 47.5 Å². The van der Waals surface area contributed by atoms with Gasteiger partial charge < -0.3 is 4.90 Å². The number of halogens is 1. The fraction of sp³-hybridized carbons (Fsp3) is 0.350. The Kier molecular flexibility index (Phi) is 4.76. The Hall–Kier alpha value is -1.86. The number of hydrogen-bond acceptors (Lipinski definition) is 5. The van der Waals surface area contributed by atoms with Crippen LogP contribution in [0.3, 0.4) is 0 Å². The number of hydrogen-bond donors (Lipinski definition) is 0. The second-order valence-corrected chi connectivity index (χ2v) is 10.6.